The van der Waals surface area contributed by atoms with Gasteiger partial charge in [-0.1, -0.05) is 49.4 Å². The summed E-state index contributed by atoms with van der Waals surface area (Å²) in [6.45, 7) is 8.09. The second-order valence-electron chi connectivity index (χ2n) is 8.29. The molecule has 0 bridgehead atoms. The van der Waals surface area contributed by atoms with Gasteiger partial charge < -0.3 is 10.2 Å². The van der Waals surface area contributed by atoms with Gasteiger partial charge >= 0.3 is 0 Å². The summed E-state index contributed by atoms with van der Waals surface area (Å²) in [5, 5.41) is 3.00. The molecule has 2 aromatic rings. The zero-order chi connectivity index (χ0) is 22.1. The molecule has 2 rings (SSSR count). The van der Waals surface area contributed by atoms with Crippen LogP contribution in [-0.4, -0.2) is 34.0 Å². The van der Waals surface area contributed by atoms with E-state index < -0.39 is 6.04 Å². The first-order valence-electron chi connectivity index (χ1n) is 10.2. The van der Waals surface area contributed by atoms with Crippen LogP contribution in [0.2, 0.25) is 0 Å². The molecular weight excluding hydrogens is 399 g/mol. The van der Waals surface area contributed by atoms with E-state index in [9.17, 15) is 14.0 Å². The highest BCUT2D eigenvalue weighted by molar-refractivity contribution is 7.99. The van der Waals surface area contributed by atoms with Gasteiger partial charge in [0, 0.05) is 17.8 Å². The number of benzene rings is 2. The summed E-state index contributed by atoms with van der Waals surface area (Å²) in [6.07, 6.45) is 0.531. The Morgan fingerprint density at radius 2 is 1.67 bits per heavy atom. The van der Waals surface area contributed by atoms with Gasteiger partial charge in [0.1, 0.15) is 11.9 Å². The van der Waals surface area contributed by atoms with Crippen molar-refractivity contribution in [1.29, 1.82) is 0 Å². The number of hydrogen-bond acceptors (Lipinski definition) is 3. The summed E-state index contributed by atoms with van der Waals surface area (Å²) in [5.41, 5.74) is 1.57. The lowest BCUT2D eigenvalue weighted by atomic mass is 10.1. The van der Waals surface area contributed by atoms with E-state index in [2.05, 4.69) is 5.32 Å². The van der Waals surface area contributed by atoms with E-state index in [1.165, 1.54) is 23.9 Å². The molecule has 30 heavy (non-hydrogen) atoms. The van der Waals surface area contributed by atoms with Crippen LogP contribution >= 0.6 is 11.8 Å². The van der Waals surface area contributed by atoms with E-state index in [0.29, 0.717) is 18.7 Å². The fourth-order valence-electron chi connectivity index (χ4n) is 3.07. The van der Waals surface area contributed by atoms with Crippen LogP contribution in [-0.2, 0) is 21.9 Å². The highest BCUT2D eigenvalue weighted by atomic mass is 32.2. The van der Waals surface area contributed by atoms with Crippen LogP contribution in [0.1, 0.15) is 45.2 Å². The van der Waals surface area contributed by atoms with Gasteiger partial charge in [-0.05, 0) is 50.5 Å². The summed E-state index contributed by atoms with van der Waals surface area (Å²) >= 11 is 1.47. The van der Waals surface area contributed by atoms with Gasteiger partial charge in [0.15, 0.2) is 0 Å². The second kappa shape index (κ2) is 11.2. The Morgan fingerprint density at radius 1 is 1.03 bits per heavy atom. The molecule has 0 saturated carbocycles. The standard InChI is InChI=1S/C24H31FN2O2S/c1-5-21(23(29)26-24(2,3)4)27(15-18-9-7-6-8-10-18)22(28)17-30-16-19-11-13-20(25)14-12-19/h6-14,21H,5,15-17H2,1-4H3,(H,26,29)/t21-/m1/s1. The van der Waals surface area contributed by atoms with Crippen molar-refractivity contribution in [3.63, 3.8) is 0 Å². The van der Waals surface area contributed by atoms with Gasteiger partial charge in [-0.3, -0.25) is 9.59 Å². The third-order valence-corrected chi connectivity index (χ3v) is 5.48. The monoisotopic (exact) mass is 430 g/mol. The van der Waals surface area contributed by atoms with Crippen LogP contribution in [0, 0.1) is 5.82 Å². The summed E-state index contributed by atoms with van der Waals surface area (Å²) in [5.74, 6) is 0.365. The molecule has 1 N–H and O–H groups in total. The van der Waals surface area contributed by atoms with Crippen molar-refractivity contribution in [3.05, 3.63) is 71.5 Å². The molecule has 4 nitrogen and oxygen atoms in total. The van der Waals surface area contributed by atoms with Gasteiger partial charge in [0.2, 0.25) is 11.8 Å². The molecule has 6 heteroatoms. The van der Waals surface area contributed by atoms with Gasteiger partial charge in [-0.2, -0.15) is 0 Å². The Balaban J connectivity index is 2.11. The Bertz CT molecular complexity index is 819. The van der Waals surface area contributed by atoms with E-state index in [1.807, 2.05) is 58.0 Å². The number of amides is 2. The van der Waals surface area contributed by atoms with Gasteiger partial charge in [-0.25, -0.2) is 4.39 Å². The SMILES string of the molecule is CC[C@H](C(=O)NC(C)(C)C)N(Cc1ccccc1)C(=O)CSCc1ccc(F)cc1. The average molecular weight is 431 g/mol. The molecule has 0 fully saturated rings. The topological polar surface area (TPSA) is 49.4 Å². The maximum Gasteiger partial charge on any atom is 0.243 e. The van der Waals surface area contributed by atoms with E-state index >= 15 is 0 Å². The Labute approximate surface area is 183 Å². The van der Waals surface area contributed by atoms with Crippen molar-refractivity contribution in [2.75, 3.05) is 5.75 Å². The predicted molar refractivity (Wildman–Crippen MR) is 122 cm³/mol. The van der Waals surface area contributed by atoms with Gasteiger partial charge in [-0.15, -0.1) is 11.8 Å². The maximum atomic E-state index is 13.1. The first kappa shape index (κ1) is 23.9. The van der Waals surface area contributed by atoms with Crippen LogP contribution in [0.3, 0.4) is 0 Å². The fourth-order valence-corrected chi connectivity index (χ4v) is 3.94. The first-order chi connectivity index (χ1) is 14.2. The number of rotatable bonds is 9. The van der Waals surface area contributed by atoms with Crippen LogP contribution in [0.5, 0.6) is 0 Å². The first-order valence-corrected chi connectivity index (χ1v) is 11.3. The van der Waals surface area contributed by atoms with E-state index in [0.717, 1.165) is 11.1 Å². The molecule has 2 aromatic carbocycles. The Kier molecular flexibility index (Phi) is 8.90. The molecule has 0 aliphatic carbocycles. The molecule has 0 heterocycles. The zero-order valence-corrected chi connectivity index (χ0v) is 19.0. The van der Waals surface area contributed by atoms with Crippen molar-refractivity contribution in [1.82, 2.24) is 10.2 Å². The minimum Gasteiger partial charge on any atom is -0.350 e. The van der Waals surface area contributed by atoms with Crippen molar-refractivity contribution in [2.45, 2.75) is 58.0 Å². The third kappa shape index (κ3) is 7.82. The molecule has 0 aliphatic rings. The third-order valence-electron chi connectivity index (χ3n) is 4.49. The van der Waals surface area contributed by atoms with E-state index in [-0.39, 0.29) is 28.9 Å². The lowest BCUT2D eigenvalue weighted by Gasteiger charge is -2.33. The lowest BCUT2D eigenvalue weighted by Crippen LogP contribution is -2.53. The smallest absolute Gasteiger partial charge is 0.243 e. The summed E-state index contributed by atoms with van der Waals surface area (Å²) < 4.78 is 13.1. The predicted octanol–water partition coefficient (Wildman–Crippen LogP) is 4.78. The second-order valence-corrected chi connectivity index (χ2v) is 9.28. The zero-order valence-electron chi connectivity index (χ0n) is 18.2. The average Bonchev–Trinajstić information content (AvgIpc) is 2.68. The molecule has 1 atom stereocenters. The highest BCUT2D eigenvalue weighted by Gasteiger charge is 2.30. The molecule has 0 spiro atoms. The number of carbonyl (C=O) groups excluding carboxylic acids is 2. The van der Waals surface area contributed by atoms with Gasteiger partial charge in [0.25, 0.3) is 0 Å². The van der Waals surface area contributed by atoms with Crippen LogP contribution in [0.15, 0.2) is 54.6 Å². The highest BCUT2D eigenvalue weighted by Crippen LogP contribution is 2.18. The number of carbonyl (C=O) groups is 2. The number of halogens is 1. The fraction of sp³-hybridized carbons (Fsp3) is 0.417. The van der Waals surface area contributed by atoms with Crippen LogP contribution in [0.25, 0.3) is 0 Å². The Morgan fingerprint density at radius 3 is 2.23 bits per heavy atom. The number of nitrogens with zero attached hydrogens (tertiary/aromatic N) is 1. The molecular formula is C24H31FN2O2S. The molecule has 0 unspecified atom stereocenters. The summed E-state index contributed by atoms with van der Waals surface area (Å²) in [4.78, 5) is 27.7. The van der Waals surface area contributed by atoms with Crippen LogP contribution < -0.4 is 5.32 Å². The van der Waals surface area contributed by atoms with Crippen LogP contribution in [0.4, 0.5) is 4.39 Å². The number of thioether (sulfide) groups is 1. The lowest BCUT2D eigenvalue weighted by molar-refractivity contribution is -0.140. The van der Waals surface area contributed by atoms with Crippen molar-refractivity contribution in [3.8, 4) is 0 Å². The van der Waals surface area contributed by atoms with Crippen molar-refractivity contribution < 1.29 is 14.0 Å². The molecule has 2 amide bonds. The summed E-state index contributed by atoms with van der Waals surface area (Å²) in [6, 6.07) is 15.4. The van der Waals surface area contributed by atoms with E-state index in [1.54, 1.807) is 17.0 Å². The molecule has 0 saturated heterocycles. The van der Waals surface area contributed by atoms with Crippen molar-refractivity contribution >= 4 is 23.6 Å². The minimum atomic E-state index is -0.539. The molecule has 162 valence electrons. The van der Waals surface area contributed by atoms with Crippen molar-refractivity contribution in [2.24, 2.45) is 0 Å². The summed E-state index contributed by atoms with van der Waals surface area (Å²) in [7, 11) is 0. The number of nitrogens with one attached hydrogen (secondary N) is 1. The number of hydrogen-bond donors (Lipinski definition) is 1. The largest absolute Gasteiger partial charge is 0.350 e. The maximum absolute atomic E-state index is 13.1. The van der Waals surface area contributed by atoms with E-state index in [4.69, 9.17) is 0 Å². The molecule has 0 aromatic heterocycles. The quantitative estimate of drug-likeness (QED) is 0.623. The minimum absolute atomic E-state index is 0.0816. The normalized spacial score (nSPS) is 12.3. The molecule has 0 aliphatic heterocycles. The Hall–Kier alpha value is -2.34. The molecule has 0 radical (unpaired) electrons. The van der Waals surface area contributed by atoms with Gasteiger partial charge in [0.05, 0.1) is 5.75 Å².